The highest BCUT2D eigenvalue weighted by atomic mass is 32.2. The van der Waals surface area contributed by atoms with Crippen LogP contribution < -0.4 is 5.32 Å². The van der Waals surface area contributed by atoms with Gasteiger partial charge in [-0.25, -0.2) is 17.2 Å². The van der Waals surface area contributed by atoms with Crippen LogP contribution >= 0.6 is 0 Å². The zero-order valence-corrected chi connectivity index (χ0v) is 18.3. The summed E-state index contributed by atoms with van der Waals surface area (Å²) < 4.78 is 53.6. The number of sulfone groups is 1. The molecule has 3 unspecified atom stereocenters. The Labute approximate surface area is 179 Å². The Balaban J connectivity index is 1.59. The van der Waals surface area contributed by atoms with Crippen molar-refractivity contribution < 1.29 is 26.8 Å². The number of nitrogens with one attached hydrogen (secondary N) is 1. The highest BCUT2D eigenvalue weighted by Gasteiger charge is 2.52. The van der Waals surface area contributed by atoms with E-state index >= 15 is 0 Å². The number of nitrogens with zero attached hydrogens (tertiary/aromatic N) is 3. The standard InChI is InChI=1S/C20H26F2N4O4S/c1-12-3-4-16(25-24-12)31(29,30)13-9-14(17(27)23-19(2)5-6-19)15(10-13)18(28)26-8-7-20(21,22)11-26/h3-4,13-15H,5-11H2,1-2H3,(H,23,27). The zero-order valence-electron chi connectivity index (χ0n) is 17.5. The highest BCUT2D eigenvalue weighted by Crippen LogP contribution is 2.42. The largest absolute Gasteiger partial charge is 0.351 e. The second kappa shape index (κ2) is 7.46. The van der Waals surface area contributed by atoms with Crippen molar-refractivity contribution in [1.82, 2.24) is 20.4 Å². The second-order valence-electron chi connectivity index (χ2n) is 9.28. The molecule has 2 aliphatic carbocycles. The molecule has 3 aliphatic rings. The first-order valence-electron chi connectivity index (χ1n) is 10.4. The molecule has 8 nitrogen and oxygen atoms in total. The van der Waals surface area contributed by atoms with Crippen molar-refractivity contribution >= 4 is 21.7 Å². The molecule has 3 atom stereocenters. The minimum atomic E-state index is -3.94. The van der Waals surface area contributed by atoms with E-state index in [1.54, 1.807) is 6.92 Å². The predicted octanol–water partition coefficient (Wildman–Crippen LogP) is 1.49. The molecule has 2 saturated carbocycles. The normalized spacial score (nSPS) is 29.0. The Kier molecular flexibility index (Phi) is 5.30. The van der Waals surface area contributed by atoms with Gasteiger partial charge in [0.05, 0.1) is 29.3 Å². The Morgan fingerprint density at radius 2 is 1.81 bits per heavy atom. The third kappa shape index (κ3) is 4.42. The van der Waals surface area contributed by atoms with Crippen LogP contribution in [-0.4, -0.2) is 65.1 Å². The van der Waals surface area contributed by atoms with E-state index in [2.05, 4.69) is 15.5 Å². The topological polar surface area (TPSA) is 109 Å². The minimum Gasteiger partial charge on any atom is -0.351 e. The van der Waals surface area contributed by atoms with Crippen LogP contribution in [0, 0.1) is 18.8 Å². The van der Waals surface area contributed by atoms with Crippen molar-refractivity contribution in [1.29, 1.82) is 0 Å². The number of rotatable bonds is 5. The van der Waals surface area contributed by atoms with E-state index in [-0.39, 0.29) is 30.0 Å². The summed E-state index contributed by atoms with van der Waals surface area (Å²) in [7, 11) is -3.94. The molecule has 2 heterocycles. The van der Waals surface area contributed by atoms with Crippen molar-refractivity contribution in [2.75, 3.05) is 13.1 Å². The number of likely N-dealkylation sites (tertiary alicyclic amines) is 1. The number of carbonyl (C=O) groups is 2. The lowest BCUT2D eigenvalue weighted by Crippen LogP contribution is -2.44. The first-order valence-corrected chi connectivity index (χ1v) is 12.0. The van der Waals surface area contributed by atoms with Gasteiger partial charge in [-0.3, -0.25) is 9.59 Å². The van der Waals surface area contributed by atoms with Gasteiger partial charge in [0, 0.05) is 18.5 Å². The average Bonchev–Trinajstić information content (AvgIpc) is 3.11. The fourth-order valence-electron chi connectivity index (χ4n) is 4.38. The minimum absolute atomic E-state index is 0.0551. The predicted molar refractivity (Wildman–Crippen MR) is 106 cm³/mol. The molecule has 0 radical (unpaired) electrons. The Hall–Kier alpha value is -2.17. The zero-order chi connectivity index (χ0) is 22.6. The molecule has 1 N–H and O–H groups in total. The monoisotopic (exact) mass is 456 g/mol. The van der Waals surface area contributed by atoms with Gasteiger partial charge in [-0.15, -0.1) is 5.10 Å². The summed E-state index contributed by atoms with van der Waals surface area (Å²) in [6, 6.07) is 2.88. The van der Waals surface area contributed by atoms with Gasteiger partial charge in [0.15, 0.2) is 14.9 Å². The van der Waals surface area contributed by atoms with E-state index in [1.165, 1.54) is 12.1 Å². The fraction of sp³-hybridized carbons (Fsp3) is 0.700. The SMILES string of the molecule is Cc1ccc(S(=O)(=O)C2CC(C(=O)NC3(C)CC3)C(C(=O)N3CCC(F)(F)C3)C2)nn1. The molecule has 3 fully saturated rings. The summed E-state index contributed by atoms with van der Waals surface area (Å²) in [5.41, 5.74) is 0.216. The maximum Gasteiger partial charge on any atom is 0.267 e. The van der Waals surface area contributed by atoms with Crippen molar-refractivity contribution in [3.05, 3.63) is 17.8 Å². The van der Waals surface area contributed by atoms with Gasteiger partial charge in [-0.05, 0) is 51.7 Å². The molecular weight excluding hydrogens is 430 g/mol. The van der Waals surface area contributed by atoms with E-state index < -0.39 is 57.6 Å². The summed E-state index contributed by atoms with van der Waals surface area (Å²) >= 11 is 0. The lowest BCUT2D eigenvalue weighted by atomic mass is 9.93. The van der Waals surface area contributed by atoms with Gasteiger partial charge in [-0.2, -0.15) is 5.10 Å². The maximum absolute atomic E-state index is 13.7. The first kappa shape index (κ1) is 22.0. The van der Waals surface area contributed by atoms with Gasteiger partial charge in [0.25, 0.3) is 5.92 Å². The number of halogens is 2. The molecule has 0 aromatic carbocycles. The lowest BCUT2D eigenvalue weighted by molar-refractivity contribution is -0.141. The maximum atomic E-state index is 13.7. The van der Waals surface area contributed by atoms with E-state index in [9.17, 15) is 26.8 Å². The van der Waals surface area contributed by atoms with Gasteiger partial charge >= 0.3 is 0 Å². The average molecular weight is 457 g/mol. The van der Waals surface area contributed by atoms with Gasteiger partial charge < -0.3 is 10.2 Å². The van der Waals surface area contributed by atoms with Crippen molar-refractivity contribution in [3.63, 3.8) is 0 Å². The summed E-state index contributed by atoms with van der Waals surface area (Å²) in [6.07, 6.45) is 1.03. The van der Waals surface area contributed by atoms with Crippen molar-refractivity contribution in [3.8, 4) is 0 Å². The van der Waals surface area contributed by atoms with Gasteiger partial charge in [-0.1, -0.05) is 0 Å². The molecule has 1 aromatic heterocycles. The van der Waals surface area contributed by atoms with Crippen LogP contribution in [-0.2, 0) is 19.4 Å². The molecule has 2 amide bonds. The molecule has 0 spiro atoms. The first-order chi connectivity index (χ1) is 14.4. The highest BCUT2D eigenvalue weighted by molar-refractivity contribution is 7.92. The molecule has 170 valence electrons. The van der Waals surface area contributed by atoms with E-state index in [0.717, 1.165) is 17.7 Å². The third-order valence-corrected chi connectivity index (χ3v) is 8.65. The van der Waals surface area contributed by atoms with Crippen LogP contribution in [0.25, 0.3) is 0 Å². The molecule has 0 bridgehead atoms. The Morgan fingerprint density at radius 1 is 1.13 bits per heavy atom. The summed E-state index contributed by atoms with van der Waals surface area (Å²) in [5.74, 6) is -5.79. The van der Waals surface area contributed by atoms with Crippen LogP contribution in [0.3, 0.4) is 0 Å². The van der Waals surface area contributed by atoms with Crippen LogP contribution in [0.15, 0.2) is 17.2 Å². The van der Waals surface area contributed by atoms with Crippen molar-refractivity contribution in [2.24, 2.45) is 11.8 Å². The van der Waals surface area contributed by atoms with Crippen LogP contribution in [0.2, 0.25) is 0 Å². The van der Waals surface area contributed by atoms with E-state index in [0.29, 0.717) is 5.69 Å². The molecule has 1 saturated heterocycles. The quantitative estimate of drug-likeness (QED) is 0.719. The molecule has 1 aliphatic heterocycles. The number of carbonyl (C=O) groups excluding carboxylic acids is 2. The number of aromatic nitrogens is 2. The van der Waals surface area contributed by atoms with E-state index in [1.807, 2.05) is 6.92 Å². The Bertz CT molecular complexity index is 995. The molecule has 31 heavy (non-hydrogen) atoms. The summed E-state index contributed by atoms with van der Waals surface area (Å²) in [5, 5.41) is 9.24. The fourth-order valence-corrected chi connectivity index (χ4v) is 6.05. The molecule has 11 heteroatoms. The number of aryl methyl sites for hydroxylation is 1. The Morgan fingerprint density at radius 3 is 2.35 bits per heavy atom. The van der Waals surface area contributed by atoms with Crippen LogP contribution in [0.4, 0.5) is 8.78 Å². The second-order valence-corrected chi connectivity index (χ2v) is 11.5. The molecule has 1 aromatic rings. The number of hydrogen-bond donors (Lipinski definition) is 1. The lowest BCUT2D eigenvalue weighted by Gasteiger charge is -2.25. The van der Waals surface area contributed by atoms with Gasteiger partial charge in [0.2, 0.25) is 11.8 Å². The number of amides is 2. The molecular formula is C20H26F2N4O4S. The van der Waals surface area contributed by atoms with Gasteiger partial charge in [0.1, 0.15) is 0 Å². The van der Waals surface area contributed by atoms with Crippen LogP contribution in [0.1, 0.15) is 44.7 Å². The number of alkyl halides is 2. The molecule has 4 rings (SSSR count). The summed E-state index contributed by atoms with van der Waals surface area (Å²) in [4.78, 5) is 27.1. The van der Waals surface area contributed by atoms with Crippen LogP contribution in [0.5, 0.6) is 0 Å². The third-order valence-electron chi connectivity index (χ3n) is 6.58. The number of hydrogen-bond acceptors (Lipinski definition) is 6. The smallest absolute Gasteiger partial charge is 0.267 e. The summed E-state index contributed by atoms with van der Waals surface area (Å²) in [6.45, 7) is 2.76. The van der Waals surface area contributed by atoms with Crippen molar-refractivity contribution in [2.45, 2.75) is 67.7 Å². The van der Waals surface area contributed by atoms with E-state index in [4.69, 9.17) is 0 Å².